The molecule has 0 spiro atoms. The minimum Gasteiger partial charge on any atom is -0.192 e. The Kier molecular flexibility index (Phi) is 1.73. The first kappa shape index (κ1) is 6.82. The van der Waals surface area contributed by atoms with Crippen molar-refractivity contribution in [1.82, 2.24) is 0 Å². The Hall–Kier alpha value is -1.29. The van der Waals surface area contributed by atoms with Gasteiger partial charge in [-0.15, -0.1) is 0 Å². The lowest BCUT2D eigenvalue weighted by Crippen LogP contribution is -1.84. The number of aryl methyl sites for hydroxylation is 1. The fourth-order valence-electron chi connectivity index (χ4n) is 0.807. The van der Waals surface area contributed by atoms with E-state index in [1.807, 2.05) is 19.1 Å². The summed E-state index contributed by atoms with van der Waals surface area (Å²) in [5.74, 6) is 0. The Balaban J connectivity index is 3.31. The zero-order valence-corrected chi connectivity index (χ0v) is 5.89. The van der Waals surface area contributed by atoms with Gasteiger partial charge in [-0.1, -0.05) is 12.1 Å². The third-order valence-corrected chi connectivity index (χ3v) is 1.53. The highest BCUT2D eigenvalue weighted by molar-refractivity contribution is 5.43. The van der Waals surface area contributed by atoms with E-state index >= 15 is 0 Å². The highest BCUT2D eigenvalue weighted by atomic mass is 14.2. The first-order valence-corrected chi connectivity index (χ1v) is 3.07. The second-order valence-corrected chi connectivity index (χ2v) is 2.21. The lowest BCUT2D eigenvalue weighted by Gasteiger charge is -1.98. The van der Waals surface area contributed by atoms with Gasteiger partial charge in [-0.3, -0.25) is 0 Å². The van der Waals surface area contributed by atoms with Crippen LogP contribution < -0.4 is 0 Å². The summed E-state index contributed by atoms with van der Waals surface area (Å²) in [4.78, 5) is 0. The van der Waals surface area contributed by atoms with Crippen LogP contribution in [0.3, 0.4) is 0 Å². The molecule has 1 heteroatoms. The molecule has 0 N–H and O–H groups in total. The van der Waals surface area contributed by atoms with Crippen LogP contribution in [0.1, 0.15) is 16.7 Å². The Morgan fingerprint density at radius 1 is 1.50 bits per heavy atom. The molecule has 0 aliphatic heterocycles. The molecule has 10 heavy (non-hydrogen) atoms. The molecule has 1 aromatic rings. The Morgan fingerprint density at radius 3 is 2.70 bits per heavy atom. The first-order valence-electron chi connectivity index (χ1n) is 3.07. The molecule has 0 saturated carbocycles. The molecule has 0 atom stereocenters. The van der Waals surface area contributed by atoms with Crippen molar-refractivity contribution in [2.45, 2.75) is 6.92 Å². The van der Waals surface area contributed by atoms with E-state index in [4.69, 9.17) is 5.26 Å². The lowest BCUT2D eigenvalue weighted by molar-refractivity contribution is 1.37. The molecule has 0 unspecified atom stereocenters. The lowest BCUT2D eigenvalue weighted by atomic mass is 10.1. The van der Waals surface area contributed by atoms with E-state index in [0.717, 1.165) is 11.1 Å². The van der Waals surface area contributed by atoms with Gasteiger partial charge in [0.15, 0.2) is 0 Å². The van der Waals surface area contributed by atoms with Crippen molar-refractivity contribution in [2.75, 3.05) is 0 Å². The van der Waals surface area contributed by atoms with Gasteiger partial charge in [-0.25, -0.2) is 0 Å². The third-order valence-electron chi connectivity index (χ3n) is 1.53. The molecule has 0 aliphatic rings. The molecular formula is C9H8N. The summed E-state index contributed by atoms with van der Waals surface area (Å²) in [5.41, 5.74) is 2.57. The largest absolute Gasteiger partial charge is 0.192 e. The predicted molar refractivity (Wildman–Crippen MR) is 40.4 cm³/mol. The summed E-state index contributed by atoms with van der Waals surface area (Å²) in [5, 5.41) is 8.55. The molecule has 0 amide bonds. The quantitative estimate of drug-likeness (QED) is 0.527. The van der Waals surface area contributed by atoms with E-state index in [0.29, 0.717) is 5.56 Å². The molecular weight excluding hydrogens is 122 g/mol. The van der Waals surface area contributed by atoms with Crippen LogP contribution in [0.5, 0.6) is 0 Å². The second kappa shape index (κ2) is 2.53. The molecule has 1 radical (unpaired) electrons. The number of nitriles is 1. The molecule has 1 nitrogen and oxygen atoms in total. The van der Waals surface area contributed by atoms with Crippen molar-refractivity contribution in [3.05, 3.63) is 41.8 Å². The molecule has 1 rings (SSSR count). The van der Waals surface area contributed by atoms with Gasteiger partial charge < -0.3 is 0 Å². The highest BCUT2D eigenvalue weighted by Gasteiger charge is 1.96. The van der Waals surface area contributed by atoms with E-state index in [2.05, 4.69) is 13.0 Å². The van der Waals surface area contributed by atoms with E-state index in [9.17, 15) is 0 Å². The Labute approximate surface area is 60.9 Å². The van der Waals surface area contributed by atoms with Crippen LogP contribution in [-0.4, -0.2) is 0 Å². The van der Waals surface area contributed by atoms with Crippen LogP contribution in [0.4, 0.5) is 0 Å². The number of hydrogen-bond donors (Lipinski definition) is 0. The van der Waals surface area contributed by atoms with Crippen molar-refractivity contribution in [3.63, 3.8) is 0 Å². The number of benzene rings is 1. The summed E-state index contributed by atoms with van der Waals surface area (Å²) >= 11 is 0. The zero-order chi connectivity index (χ0) is 7.56. The van der Waals surface area contributed by atoms with Crippen LogP contribution in [-0.2, 0) is 0 Å². The van der Waals surface area contributed by atoms with Gasteiger partial charge >= 0.3 is 0 Å². The number of hydrogen-bond acceptors (Lipinski definition) is 1. The minimum absolute atomic E-state index is 0.667. The van der Waals surface area contributed by atoms with Gasteiger partial charge in [0.1, 0.15) is 0 Å². The van der Waals surface area contributed by atoms with Gasteiger partial charge in [-0.2, -0.15) is 5.26 Å². The van der Waals surface area contributed by atoms with Crippen molar-refractivity contribution < 1.29 is 0 Å². The van der Waals surface area contributed by atoms with Gasteiger partial charge in [0.2, 0.25) is 0 Å². The van der Waals surface area contributed by atoms with Crippen LogP contribution in [0.25, 0.3) is 0 Å². The van der Waals surface area contributed by atoms with Crippen molar-refractivity contribution in [2.24, 2.45) is 0 Å². The summed E-state index contributed by atoms with van der Waals surface area (Å²) in [6, 6.07) is 7.66. The topological polar surface area (TPSA) is 23.8 Å². The fourth-order valence-corrected chi connectivity index (χ4v) is 0.807. The summed E-state index contributed by atoms with van der Waals surface area (Å²) in [7, 11) is 0. The van der Waals surface area contributed by atoms with Gasteiger partial charge in [0.25, 0.3) is 0 Å². The maximum Gasteiger partial charge on any atom is 0.0994 e. The predicted octanol–water partition coefficient (Wildman–Crippen LogP) is 2.05. The molecule has 0 aliphatic carbocycles. The minimum atomic E-state index is 0.667. The first-order chi connectivity index (χ1) is 4.75. The molecule has 0 fully saturated rings. The second-order valence-electron chi connectivity index (χ2n) is 2.21. The van der Waals surface area contributed by atoms with Crippen LogP contribution in [0.15, 0.2) is 18.2 Å². The zero-order valence-electron chi connectivity index (χ0n) is 5.89. The highest BCUT2D eigenvalue weighted by Crippen LogP contribution is 2.10. The van der Waals surface area contributed by atoms with Gasteiger partial charge in [0.05, 0.1) is 11.6 Å². The van der Waals surface area contributed by atoms with Crippen LogP contribution in [0, 0.1) is 25.2 Å². The summed E-state index contributed by atoms with van der Waals surface area (Å²) in [6.45, 7) is 5.72. The fraction of sp³-hybridized carbons (Fsp3) is 0.111. The summed E-state index contributed by atoms with van der Waals surface area (Å²) in [6.07, 6.45) is 0. The normalized spacial score (nSPS) is 8.90. The number of rotatable bonds is 0. The monoisotopic (exact) mass is 130 g/mol. The number of nitrogens with zero attached hydrogens (tertiary/aromatic N) is 1. The molecule has 0 aromatic heterocycles. The smallest absolute Gasteiger partial charge is 0.0994 e. The van der Waals surface area contributed by atoms with Gasteiger partial charge in [-0.05, 0) is 31.0 Å². The van der Waals surface area contributed by atoms with Crippen molar-refractivity contribution in [3.8, 4) is 6.07 Å². The molecule has 49 valence electrons. The van der Waals surface area contributed by atoms with Crippen molar-refractivity contribution in [1.29, 1.82) is 5.26 Å². The average Bonchev–Trinajstić information content (AvgIpc) is 1.95. The van der Waals surface area contributed by atoms with Gasteiger partial charge in [0, 0.05) is 0 Å². The van der Waals surface area contributed by atoms with Crippen LogP contribution >= 0.6 is 0 Å². The standard InChI is InChI=1S/C9H8N/c1-7-4-3-5-9(6-10)8(7)2/h3-5H,2H2,1H3. The van der Waals surface area contributed by atoms with Crippen molar-refractivity contribution >= 4 is 0 Å². The SMILES string of the molecule is [CH2]c1c(C)cccc1C#N. The Bertz CT molecular complexity index is 281. The molecule has 0 saturated heterocycles. The summed E-state index contributed by atoms with van der Waals surface area (Å²) < 4.78 is 0. The van der Waals surface area contributed by atoms with Crippen LogP contribution in [0.2, 0.25) is 0 Å². The van der Waals surface area contributed by atoms with E-state index in [1.165, 1.54) is 0 Å². The maximum atomic E-state index is 8.55. The average molecular weight is 130 g/mol. The van der Waals surface area contributed by atoms with E-state index in [-0.39, 0.29) is 0 Å². The third kappa shape index (κ3) is 1.01. The molecule has 0 heterocycles. The Morgan fingerprint density at radius 2 is 2.20 bits per heavy atom. The molecule has 1 aromatic carbocycles. The molecule has 0 bridgehead atoms. The van der Waals surface area contributed by atoms with E-state index < -0.39 is 0 Å². The maximum absolute atomic E-state index is 8.55. The van der Waals surface area contributed by atoms with E-state index in [1.54, 1.807) is 6.07 Å².